The van der Waals surface area contributed by atoms with Crippen LogP contribution in [0, 0.1) is 0 Å². The molecule has 0 saturated heterocycles. The van der Waals surface area contributed by atoms with Gasteiger partial charge in [0, 0.05) is 28.3 Å². The maximum atomic E-state index is 12.3. The van der Waals surface area contributed by atoms with E-state index in [1.165, 1.54) is 0 Å². The molecule has 0 aliphatic carbocycles. The fraction of sp³-hybridized carbons (Fsp3) is 0.667. The van der Waals surface area contributed by atoms with Crippen molar-refractivity contribution in [2.24, 2.45) is 0 Å². The highest BCUT2D eigenvalue weighted by Gasteiger charge is 2.29. The number of rotatable bonds is 7. The lowest BCUT2D eigenvalue weighted by Gasteiger charge is -2.28. The molecule has 6 heteroatoms. The van der Waals surface area contributed by atoms with Crippen LogP contribution >= 0.6 is 15.9 Å². The highest BCUT2D eigenvalue weighted by atomic mass is 79.9. The third-order valence-electron chi connectivity index (χ3n) is 3.01. The Morgan fingerprint density at radius 1 is 1.43 bits per heavy atom. The molecule has 1 heterocycles. The van der Waals surface area contributed by atoms with Crippen molar-refractivity contribution in [3.8, 4) is 5.88 Å². The zero-order chi connectivity index (χ0) is 16.0. The first-order chi connectivity index (χ1) is 9.77. The smallest absolute Gasteiger partial charge is 0.213 e. The van der Waals surface area contributed by atoms with Crippen LogP contribution in [0.4, 0.5) is 0 Å². The first-order valence-electron chi connectivity index (χ1n) is 7.15. The van der Waals surface area contributed by atoms with Gasteiger partial charge in [0.05, 0.1) is 18.8 Å². The fourth-order valence-corrected chi connectivity index (χ4v) is 3.07. The summed E-state index contributed by atoms with van der Waals surface area (Å²) in [7, 11) is 1.61. The van der Waals surface area contributed by atoms with Crippen molar-refractivity contribution in [3.63, 3.8) is 0 Å². The van der Waals surface area contributed by atoms with Gasteiger partial charge < -0.3 is 9.29 Å². The number of halogens is 1. The van der Waals surface area contributed by atoms with E-state index < -0.39 is 11.4 Å². The van der Waals surface area contributed by atoms with Crippen LogP contribution < -0.4 is 9.46 Å². The molecule has 0 spiro atoms. The highest BCUT2D eigenvalue weighted by Crippen LogP contribution is 2.22. The van der Waals surface area contributed by atoms with E-state index in [1.807, 2.05) is 32.9 Å². The van der Waals surface area contributed by atoms with E-state index >= 15 is 0 Å². The van der Waals surface area contributed by atoms with Crippen molar-refractivity contribution in [2.45, 2.75) is 57.7 Å². The van der Waals surface area contributed by atoms with Crippen LogP contribution in [0.1, 0.15) is 46.2 Å². The van der Waals surface area contributed by atoms with E-state index in [0.717, 1.165) is 23.0 Å². The third-order valence-corrected chi connectivity index (χ3v) is 5.39. The largest absolute Gasteiger partial charge is 0.598 e. The van der Waals surface area contributed by atoms with Gasteiger partial charge in [-0.1, -0.05) is 13.3 Å². The molecule has 0 radical (unpaired) electrons. The number of pyridine rings is 1. The topological polar surface area (TPSA) is 57.2 Å². The third kappa shape index (κ3) is 6.14. The molecule has 0 aromatic carbocycles. The monoisotopic (exact) mass is 376 g/mol. The van der Waals surface area contributed by atoms with Gasteiger partial charge in [-0.15, -0.1) is 4.72 Å². The summed E-state index contributed by atoms with van der Waals surface area (Å²) in [5.41, 5.74) is 0.922. The molecule has 0 amide bonds. The lowest BCUT2D eigenvalue weighted by molar-refractivity contribution is 0.394. The Labute approximate surface area is 139 Å². The van der Waals surface area contributed by atoms with Crippen LogP contribution in [0.15, 0.2) is 16.6 Å². The molecule has 0 fully saturated rings. The maximum absolute atomic E-state index is 12.3. The first-order valence-corrected chi connectivity index (χ1v) is 9.09. The van der Waals surface area contributed by atoms with E-state index in [1.54, 1.807) is 7.11 Å². The number of hydrogen-bond acceptors (Lipinski definition) is 4. The van der Waals surface area contributed by atoms with Crippen LogP contribution in [0.2, 0.25) is 0 Å². The maximum Gasteiger partial charge on any atom is 0.213 e. The normalized spacial score (nSPS) is 14.8. The summed E-state index contributed by atoms with van der Waals surface area (Å²) in [6.45, 7) is 8.04. The molecule has 2 unspecified atom stereocenters. The zero-order valence-corrected chi connectivity index (χ0v) is 15.8. The van der Waals surface area contributed by atoms with E-state index in [9.17, 15) is 4.55 Å². The quantitative estimate of drug-likeness (QED) is 0.738. The molecule has 4 nitrogen and oxygen atoms in total. The number of nitrogens with zero attached hydrogens (tertiary/aromatic N) is 1. The molecule has 0 aliphatic rings. The number of ether oxygens (including phenoxy) is 1. The molecule has 0 saturated carbocycles. The average Bonchev–Trinajstić information content (AvgIpc) is 2.40. The molecule has 0 aliphatic heterocycles. The average molecular weight is 377 g/mol. The second kappa shape index (κ2) is 8.36. The molecule has 120 valence electrons. The van der Waals surface area contributed by atoms with E-state index in [0.29, 0.717) is 12.3 Å². The lowest BCUT2D eigenvalue weighted by atomic mass is 10.1. The summed E-state index contributed by atoms with van der Waals surface area (Å²) >= 11 is 2.44. The molecule has 21 heavy (non-hydrogen) atoms. The lowest BCUT2D eigenvalue weighted by Crippen LogP contribution is -2.45. The predicted molar refractivity (Wildman–Crippen MR) is 91.9 cm³/mol. The highest BCUT2D eigenvalue weighted by molar-refractivity contribution is 9.10. The minimum absolute atomic E-state index is 0.131. The molecule has 1 aromatic heterocycles. The summed E-state index contributed by atoms with van der Waals surface area (Å²) in [5.74, 6) is 0.598. The Morgan fingerprint density at radius 2 is 2.10 bits per heavy atom. The molecular weight excluding hydrogens is 352 g/mol. The first kappa shape index (κ1) is 18.7. The minimum atomic E-state index is -1.08. The molecule has 0 bridgehead atoms. The molecule has 1 rings (SSSR count). The minimum Gasteiger partial charge on any atom is -0.598 e. The Morgan fingerprint density at radius 3 is 2.62 bits per heavy atom. The van der Waals surface area contributed by atoms with Crippen molar-refractivity contribution in [2.75, 3.05) is 7.11 Å². The number of hydrogen-bond donors (Lipinski definition) is 1. The summed E-state index contributed by atoms with van der Waals surface area (Å²) in [6, 6.07) is 3.89. The van der Waals surface area contributed by atoms with Gasteiger partial charge in [-0.05, 0) is 49.2 Å². The van der Waals surface area contributed by atoms with Gasteiger partial charge in [0.1, 0.15) is 4.75 Å². The van der Waals surface area contributed by atoms with Crippen LogP contribution in [0.25, 0.3) is 0 Å². The van der Waals surface area contributed by atoms with E-state index in [-0.39, 0.29) is 10.8 Å². The summed E-state index contributed by atoms with van der Waals surface area (Å²) in [5, 5.41) is 0. The number of methoxy groups -OCH3 is 1. The van der Waals surface area contributed by atoms with Crippen molar-refractivity contribution in [1.29, 1.82) is 0 Å². The molecule has 2 atom stereocenters. The predicted octanol–water partition coefficient (Wildman–Crippen LogP) is 3.62. The van der Waals surface area contributed by atoms with Crippen LogP contribution in [-0.2, 0) is 17.8 Å². The van der Waals surface area contributed by atoms with E-state index in [2.05, 4.69) is 32.6 Å². The number of nitrogens with one attached hydrogen (secondary N) is 1. The fourth-order valence-electron chi connectivity index (χ4n) is 1.83. The van der Waals surface area contributed by atoms with Crippen LogP contribution in [0.3, 0.4) is 0 Å². The van der Waals surface area contributed by atoms with Gasteiger partial charge >= 0.3 is 0 Å². The summed E-state index contributed by atoms with van der Waals surface area (Å²) in [6.07, 6.45) is 2.70. The SMILES string of the molecule is CCCC(Cc1nc(OC)ccc1Br)N[S+]([O-])C(C)(C)C. The Hall–Kier alpha value is -0.300. The molecule has 1 aromatic rings. The summed E-state index contributed by atoms with van der Waals surface area (Å²) < 4.78 is 21.4. The second-order valence-electron chi connectivity index (χ2n) is 5.97. The molecular formula is C15H25BrN2O2S. The second-order valence-corrected chi connectivity index (χ2v) is 8.82. The van der Waals surface area contributed by atoms with Gasteiger partial charge in [-0.25, -0.2) is 4.98 Å². The zero-order valence-electron chi connectivity index (χ0n) is 13.4. The Balaban J connectivity index is 2.83. The Bertz CT molecular complexity index is 452. The van der Waals surface area contributed by atoms with Gasteiger partial charge in [0.2, 0.25) is 5.88 Å². The van der Waals surface area contributed by atoms with Crippen molar-refractivity contribution in [3.05, 3.63) is 22.3 Å². The van der Waals surface area contributed by atoms with Gasteiger partial charge in [-0.3, -0.25) is 0 Å². The Kier molecular flexibility index (Phi) is 7.47. The standard InChI is InChI=1S/C15H25BrN2O2S/c1-6-7-11(18-21(19)15(2,3)4)10-13-12(16)8-9-14(17-13)20-5/h8-9,11,18H,6-7,10H2,1-5H3. The van der Waals surface area contributed by atoms with Crippen LogP contribution in [0.5, 0.6) is 5.88 Å². The molecule has 1 N–H and O–H groups in total. The van der Waals surface area contributed by atoms with Gasteiger partial charge in [-0.2, -0.15) is 0 Å². The van der Waals surface area contributed by atoms with Crippen molar-refractivity contribution < 1.29 is 9.29 Å². The number of aromatic nitrogens is 1. The van der Waals surface area contributed by atoms with E-state index in [4.69, 9.17) is 4.74 Å². The van der Waals surface area contributed by atoms with Crippen molar-refractivity contribution >= 4 is 27.3 Å². The van der Waals surface area contributed by atoms with Gasteiger partial charge in [0.25, 0.3) is 0 Å². The van der Waals surface area contributed by atoms with Gasteiger partial charge in [0.15, 0.2) is 0 Å². The summed E-state index contributed by atoms with van der Waals surface area (Å²) in [4.78, 5) is 4.47. The van der Waals surface area contributed by atoms with Crippen molar-refractivity contribution in [1.82, 2.24) is 9.71 Å². The van der Waals surface area contributed by atoms with Crippen LogP contribution in [-0.4, -0.2) is 27.4 Å².